The first-order chi connectivity index (χ1) is 9.77. The summed E-state index contributed by atoms with van der Waals surface area (Å²) in [6, 6.07) is 9.38. The van der Waals surface area contributed by atoms with Crippen LogP contribution in [-0.2, 0) is 12.6 Å². The lowest BCUT2D eigenvalue weighted by Crippen LogP contribution is -2.06. The van der Waals surface area contributed by atoms with Gasteiger partial charge in [0.1, 0.15) is 0 Å². The molecule has 0 bridgehead atoms. The molecule has 0 aliphatic carbocycles. The fourth-order valence-corrected chi connectivity index (χ4v) is 2.22. The van der Waals surface area contributed by atoms with E-state index < -0.39 is 17.8 Å². The number of hydrogen-bond donors (Lipinski definition) is 1. The fraction of sp³-hybridized carbons (Fsp3) is 0.200. The van der Waals surface area contributed by atoms with Gasteiger partial charge in [-0.05, 0) is 35.4 Å². The molecule has 6 heteroatoms. The Labute approximate surface area is 129 Å². The third-order valence-electron chi connectivity index (χ3n) is 3.04. The van der Waals surface area contributed by atoms with Crippen LogP contribution in [0.4, 0.5) is 13.2 Å². The minimum atomic E-state index is -4.38. The number of halogens is 5. The minimum Gasteiger partial charge on any atom is -0.388 e. The molecule has 2 aromatic rings. The first-order valence-electron chi connectivity index (χ1n) is 6.06. The Bertz CT molecular complexity index is 624. The molecule has 0 aliphatic heterocycles. The SMILES string of the molecule is OC(Cc1ccc(Cl)c(Cl)c1)c1ccc(C(F)(F)F)cc1. The van der Waals surface area contributed by atoms with Crippen LogP contribution in [0.1, 0.15) is 22.8 Å². The minimum absolute atomic E-state index is 0.238. The van der Waals surface area contributed by atoms with Crippen molar-refractivity contribution < 1.29 is 18.3 Å². The van der Waals surface area contributed by atoms with Gasteiger partial charge in [-0.15, -0.1) is 0 Å². The molecule has 1 unspecified atom stereocenters. The van der Waals surface area contributed by atoms with Crippen molar-refractivity contribution in [3.05, 3.63) is 69.2 Å². The molecule has 1 nitrogen and oxygen atoms in total. The van der Waals surface area contributed by atoms with Crippen molar-refractivity contribution >= 4 is 23.2 Å². The molecule has 1 atom stereocenters. The summed E-state index contributed by atoms with van der Waals surface area (Å²) in [5.74, 6) is 0. The van der Waals surface area contributed by atoms with Crippen molar-refractivity contribution in [3.63, 3.8) is 0 Å². The van der Waals surface area contributed by atoms with E-state index in [1.54, 1.807) is 18.2 Å². The van der Waals surface area contributed by atoms with Gasteiger partial charge >= 0.3 is 6.18 Å². The predicted octanol–water partition coefficient (Wildman–Crippen LogP) is 5.29. The highest BCUT2D eigenvalue weighted by Crippen LogP contribution is 2.31. The summed E-state index contributed by atoms with van der Waals surface area (Å²) in [6.45, 7) is 0. The molecule has 0 fully saturated rings. The highest BCUT2D eigenvalue weighted by Gasteiger charge is 2.30. The number of hydrogen-bond acceptors (Lipinski definition) is 1. The maximum absolute atomic E-state index is 12.5. The highest BCUT2D eigenvalue weighted by atomic mass is 35.5. The summed E-state index contributed by atoms with van der Waals surface area (Å²) in [4.78, 5) is 0. The standard InChI is InChI=1S/C15H11Cl2F3O/c16-12-6-1-9(7-13(12)17)8-14(21)10-2-4-11(5-3-10)15(18,19)20/h1-7,14,21H,8H2. The molecule has 0 aliphatic rings. The average Bonchev–Trinajstić information content (AvgIpc) is 2.42. The van der Waals surface area contributed by atoms with E-state index in [1.807, 2.05) is 0 Å². The molecule has 0 saturated carbocycles. The van der Waals surface area contributed by atoms with Gasteiger partial charge in [-0.1, -0.05) is 41.4 Å². The van der Waals surface area contributed by atoms with E-state index in [1.165, 1.54) is 12.1 Å². The summed E-state index contributed by atoms with van der Waals surface area (Å²) in [7, 11) is 0. The maximum atomic E-state index is 12.5. The number of aliphatic hydroxyl groups is 1. The first-order valence-corrected chi connectivity index (χ1v) is 6.82. The zero-order valence-electron chi connectivity index (χ0n) is 10.7. The molecule has 0 heterocycles. The molecular weight excluding hydrogens is 324 g/mol. The zero-order chi connectivity index (χ0) is 15.6. The molecule has 0 aromatic heterocycles. The molecule has 112 valence electrons. The highest BCUT2D eigenvalue weighted by molar-refractivity contribution is 6.42. The van der Waals surface area contributed by atoms with Crippen molar-refractivity contribution in [1.29, 1.82) is 0 Å². The van der Waals surface area contributed by atoms with Gasteiger partial charge in [0.05, 0.1) is 21.7 Å². The molecule has 1 N–H and O–H groups in total. The molecular formula is C15H11Cl2F3O. The fourth-order valence-electron chi connectivity index (χ4n) is 1.90. The van der Waals surface area contributed by atoms with E-state index in [9.17, 15) is 18.3 Å². The Hall–Kier alpha value is -1.23. The van der Waals surface area contributed by atoms with E-state index >= 15 is 0 Å². The Morgan fingerprint density at radius 3 is 2.10 bits per heavy atom. The second-order valence-corrected chi connectivity index (χ2v) is 5.40. The lowest BCUT2D eigenvalue weighted by molar-refractivity contribution is -0.137. The van der Waals surface area contributed by atoms with Gasteiger partial charge in [0, 0.05) is 6.42 Å². The smallest absolute Gasteiger partial charge is 0.388 e. The molecule has 2 rings (SSSR count). The Balaban J connectivity index is 2.13. The summed E-state index contributed by atoms with van der Waals surface area (Å²) in [5.41, 5.74) is 0.416. The van der Waals surface area contributed by atoms with Crippen molar-refractivity contribution in [2.24, 2.45) is 0 Å². The van der Waals surface area contributed by atoms with Crippen LogP contribution >= 0.6 is 23.2 Å². The van der Waals surface area contributed by atoms with Gasteiger partial charge in [-0.3, -0.25) is 0 Å². The van der Waals surface area contributed by atoms with Crippen LogP contribution in [0.5, 0.6) is 0 Å². The molecule has 0 amide bonds. The monoisotopic (exact) mass is 334 g/mol. The number of aliphatic hydroxyl groups excluding tert-OH is 1. The lowest BCUT2D eigenvalue weighted by atomic mass is 10.0. The van der Waals surface area contributed by atoms with Gasteiger partial charge < -0.3 is 5.11 Å². The molecule has 0 spiro atoms. The van der Waals surface area contributed by atoms with Crippen LogP contribution < -0.4 is 0 Å². The summed E-state index contributed by atoms with van der Waals surface area (Å²) in [5, 5.41) is 10.8. The van der Waals surface area contributed by atoms with Gasteiger partial charge in [-0.25, -0.2) is 0 Å². The van der Waals surface area contributed by atoms with Crippen LogP contribution in [-0.4, -0.2) is 5.11 Å². The van der Waals surface area contributed by atoms with Crippen molar-refractivity contribution in [2.75, 3.05) is 0 Å². The number of benzene rings is 2. The van der Waals surface area contributed by atoms with Gasteiger partial charge in [-0.2, -0.15) is 13.2 Å². The second-order valence-electron chi connectivity index (χ2n) is 4.59. The van der Waals surface area contributed by atoms with Crippen molar-refractivity contribution in [1.82, 2.24) is 0 Å². The summed E-state index contributed by atoms with van der Waals surface area (Å²) >= 11 is 11.7. The largest absolute Gasteiger partial charge is 0.416 e. The quantitative estimate of drug-likeness (QED) is 0.808. The van der Waals surface area contributed by atoms with E-state index in [4.69, 9.17) is 23.2 Å². The summed E-state index contributed by atoms with van der Waals surface area (Å²) < 4.78 is 37.4. The van der Waals surface area contributed by atoms with Crippen LogP contribution in [0.2, 0.25) is 10.0 Å². The van der Waals surface area contributed by atoms with Gasteiger partial charge in [0.2, 0.25) is 0 Å². The average molecular weight is 335 g/mol. The lowest BCUT2D eigenvalue weighted by Gasteiger charge is -2.13. The molecule has 2 aromatic carbocycles. The molecule has 0 radical (unpaired) electrons. The number of rotatable bonds is 3. The van der Waals surface area contributed by atoms with Crippen LogP contribution in [0.25, 0.3) is 0 Å². The zero-order valence-corrected chi connectivity index (χ0v) is 12.2. The van der Waals surface area contributed by atoms with Gasteiger partial charge in [0.15, 0.2) is 0 Å². The molecule has 21 heavy (non-hydrogen) atoms. The predicted molar refractivity (Wildman–Crippen MR) is 76.6 cm³/mol. The summed E-state index contributed by atoms with van der Waals surface area (Å²) in [6.07, 6.45) is -5.06. The Morgan fingerprint density at radius 2 is 1.57 bits per heavy atom. The number of alkyl halides is 3. The van der Waals surface area contributed by atoms with E-state index in [-0.39, 0.29) is 6.42 Å². The first kappa shape index (κ1) is 16.1. The Morgan fingerprint density at radius 1 is 0.952 bits per heavy atom. The topological polar surface area (TPSA) is 20.2 Å². The van der Waals surface area contributed by atoms with Gasteiger partial charge in [0.25, 0.3) is 0 Å². The van der Waals surface area contributed by atoms with E-state index in [2.05, 4.69) is 0 Å². The van der Waals surface area contributed by atoms with Crippen LogP contribution in [0.3, 0.4) is 0 Å². The normalized spacial score (nSPS) is 13.2. The Kier molecular flexibility index (Phi) is 4.81. The van der Waals surface area contributed by atoms with E-state index in [0.717, 1.165) is 17.7 Å². The molecule has 0 saturated heterocycles. The third kappa shape index (κ3) is 4.13. The maximum Gasteiger partial charge on any atom is 0.416 e. The van der Waals surface area contributed by atoms with Crippen molar-refractivity contribution in [2.45, 2.75) is 18.7 Å². The second kappa shape index (κ2) is 6.26. The van der Waals surface area contributed by atoms with Crippen LogP contribution in [0, 0.1) is 0 Å². The van der Waals surface area contributed by atoms with Crippen molar-refractivity contribution in [3.8, 4) is 0 Å². The third-order valence-corrected chi connectivity index (χ3v) is 3.77. The van der Waals surface area contributed by atoms with Crippen LogP contribution in [0.15, 0.2) is 42.5 Å². The van der Waals surface area contributed by atoms with E-state index in [0.29, 0.717) is 15.6 Å².